The molecule has 0 radical (unpaired) electrons. The SMILES string of the molecule is O=C1CCC(C(=O)N2CC3CC4CC(C3)CC2C4)O1. The first-order valence-corrected chi connectivity index (χ1v) is 7.69. The molecule has 0 N–H and O–H groups in total. The largest absolute Gasteiger partial charge is 0.452 e. The molecule has 5 rings (SSSR count). The van der Waals surface area contributed by atoms with Gasteiger partial charge in [0.2, 0.25) is 0 Å². The molecule has 5 aliphatic rings. The van der Waals surface area contributed by atoms with E-state index < -0.39 is 6.10 Å². The van der Waals surface area contributed by atoms with E-state index in [0.717, 1.165) is 18.4 Å². The summed E-state index contributed by atoms with van der Waals surface area (Å²) in [4.78, 5) is 25.9. The van der Waals surface area contributed by atoms with Gasteiger partial charge in [0.25, 0.3) is 5.91 Å². The fourth-order valence-electron chi connectivity index (χ4n) is 4.94. The summed E-state index contributed by atoms with van der Waals surface area (Å²) >= 11 is 0. The molecular weight excluding hydrogens is 242 g/mol. The van der Waals surface area contributed by atoms with Gasteiger partial charge >= 0.3 is 5.97 Å². The fourth-order valence-corrected chi connectivity index (χ4v) is 4.94. The molecule has 1 amide bonds. The van der Waals surface area contributed by atoms with Crippen molar-refractivity contribution in [2.45, 2.75) is 57.1 Å². The topological polar surface area (TPSA) is 46.6 Å². The first-order valence-electron chi connectivity index (χ1n) is 7.69. The number of rotatable bonds is 1. The third-order valence-corrected chi connectivity index (χ3v) is 5.55. The number of carbonyl (C=O) groups excluding carboxylic acids is 2. The van der Waals surface area contributed by atoms with E-state index >= 15 is 0 Å². The van der Waals surface area contributed by atoms with Gasteiger partial charge in [0.05, 0.1) is 0 Å². The Bertz CT molecular complexity index is 408. The average Bonchev–Trinajstić information content (AvgIpc) is 2.71. The van der Waals surface area contributed by atoms with Crippen LogP contribution in [0.25, 0.3) is 0 Å². The van der Waals surface area contributed by atoms with Crippen molar-refractivity contribution in [1.29, 1.82) is 0 Å². The van der Waals surface area contributed by atoms with E-state index in [0.29, 0.717) is 24.8 Å². The fraction of sp³-hybridized carbons (Fsp3) is 0.867. The second-order valence-corrected chi connectivity index (χ2v) is 6.94. The van der Waals surface area contributed by atoms with Crippen LogP contribution < -0.4 is 0 Å². The molecule has 2 saturated carbocycles. The molecule has 19 heavy (non-hydrogen) atoms. The third-order valence-electron chi connectivity index (χ3n) is 5.55. The van der Waals surface area contributed by atoms with Crippen molar-refractivity contribution >= 4 is 11.9 Å². The van der Waals surface area contributed by atoms with Crippen molar-refractivity contribution in [3.05, 3.63) is 0 Å². The number of nitrogens with zero attached hydrogens (tertiary/aromatic N) is 1. The Morgan fingerprint density at radius 2 is 1.74 bits per heavy atom. The highest BCUT2D eigenvalue weighted by atomic mass is 16.6. The zero-order valence-electron chi connectivity index (χ0n) is 11.2. The molecule has 3 aliphatic heterocycles. The summed E-state index contributed by atoms with van der Waals surface area (Å²) in [6, 6.07) is 0.419. The number of esters is 1. The molecule has 2 aliphatic carbocycles. The van der Waals surface area contributed by atoms with Crippen molar-refractivity contribution in [2.24, 2.45) is 17.8 Å². The maximum absolute atomic E-state index is 12.6. The molecule has 4 nitrogen and oxygen atoms in total. The Kier molecular flexibility index (Phi) is 2.61. The summed E-state index contributed by atoms with van der Waals surface area (Å²) in [6.45, 7) is 0.907. The predicted octanol–water partition coefficient (Wildman–Crippen LogP) is 1.73. The smallest absolute Gasteiger partial charge is 0.306 e. The van der Waals surface area contributed by atoms with Gasteiger partial charge in [0, 0.05) is 25.4 Å². The first-order chi connectivity index (χ1) is 9.19. The van der Waals surface area contributed by atoms with Crippen LogP contribution in [0.15, 0.2) is 0 Å². The summed E-state index contributed by atoms with van der Waals surface area (Å²) in [7, 11) is 0. The van der Waals surface area contributed by atoms with E-state index in [4.69, 9.17) is 4.74 Å². The zero-order valence-corrected chi connectivity index (χ0v) is 11.2. The second-order valence-electron chi connectivity index (χ2n) is 6.94. The van der Waals surface area contributed by atoms with Crippen molar-refractivity contribution in [2.75, 3.05) is 6.54 Å². The van der Waals surface area contributed by atoms with Crippen LogP contribution in [-0.2, 0) is 14.3 Å². The number of cyclic esters (lactones) is 1. The Morgan fingerprint density at radius 3 is 2.37 bits per heavy atom. The summed E-state index contributed by atoms with van der Waals surface area (Å²) in [5.74, 6) is 2.25. The van der Waals surface area contributed by atoms with E-state index in [-0.39, 0.29) is 11.9 Å². The van der Waals surface area contributed by atoms with Crippen LogP contribution in [0, 0.1) is 17.8 Å². The van der Waals surface area contributed by atoms with E-state index in [9.17, 15) is 9.59 Å². The van der Waals surface area contributed by atoms with Gasteiger partial charge in [-0.05, 0) is 49.9 Å². The lowest BCUT2D eigenvalue weighted by molar-refractivity contribution is -0.154. The molecule has 3 saturated heterocycles. The minimum absolute atomic E-state index is 0.0871. The summed E-state index contributed by atoms with van der Waals surface area (Å²) in [6.07, 6.45) is 6.86. The first kappa shape index (κ1) is 11.7. The van der Waals surface area contributed by atoms with Crippen LogP contribution in [-0.4, -0.2) is 35.5 Å². The van der Waals surface area contributed by atoms with E-state index in [2.05, 4.69) is 4.90 Å². The number of carbonyl (C=O) groups is 2. The highest BCUT2D eigenvalue weighted by molar-refractivity contribution is 5.86. The second kappa shape index (κ2) is 4.22. The molecule has 104 valence electrons. The van der Waals surface area contributed by atoms with Gasteiger partial charge in [-0.2, -0.15) is 0 Å². The number of fused-ring (bicyclic) bond motifs is 1. The predicted molar refractivity (Wildman–Crippen MR) is 68.2 cm³/mol. The summed E-state index contributed by atoms with van der Waals surface area (Å²) in [5.41, 5.74) is 0. The van der Waals surface area contributed by atoms with Gasteiger partial charge in [-0.15, -0.1) is 0 Å². The average molecular weight is 263 g/mol. The number of hydrogen-bond acceptors (Lipinski definition) is 3. The van der Waals surface area contributed by atoms with Crippen molar-refractivity contribution in [1.82, 2.24) is 4.90 Å². The lowest BCUT2D eigenvalue weighted by Crippen LogP contribution is -2.46. The van der Waals surface area contributed by atoms with E-state index in [1.165, 1.54) is 32.1 Å². The van der Waals surface area contributed by atoms with E-state index in [1.54, 1.807) is 0 Å². The Morgan fingerprint density at radius 1 is 1.05 bits per heavy atom. The monoisotopic (exact) mass is 263 g/mol. The molecule has 4 bridgehead atoms. The molecule has 4 heteroatoms. The standard InChI is InChI=1S/C15H21NO3/c17-14-2-1-13(19-14)15(18)16-8-11-4-9-3-10(5-11)7-12(16)6-9/h9-13H,1-8H2. The lowest BCUT2D eigenvalue weighted by Gasteiger charge is -2.39. The Balaban J connectivity index is 1.54. The minimum atomic E-state index is -0.483. The highest BCUT2D eigenvalue weighted by Crippen LogP contribution is 2.47. The van der Waals surface area contributed by atoms with Crippen LogP contribution in [0.4, 0.5) is 0 Å². The quantitative estimate of drug-likeness (QED) is 0.677. The van der Waals surface area contributed by atoms with Gasteiger partial charge in [-0.3, -0.25) is 9.59 Å². The maximum atomic E-state index is 12.6. The van der Waals surface area contributed by atoms with Crippen LogP contribution in [0.3, 0.4) is 0 Å². The van der Waals surface area contributed by atoms with Crippen molar-refractivity contribution < 1.29 is 14.3 Å². The molecular formula is C15H21NO3. The molecule has 3 atom stereocenters. The van der Waals surface area contributed by atoms with Crippen LogP contribution in [0.2, 0.25) is 0 Å². The molecule has 3 unspecified atom stereocenters. The highest BCUT2D eigenvalue weighted by Gasteiger charge is 2.46. The van der Waals surface area contributed by atoms with Gasteiger partial charge in [0.15, 0.2) is 6.10 Å². The minimum Gasteiger partial charge on any atom is -0.452 e. The molecule has 0 aromatic carbocycles. The molecule has 0 aromatic heterocycles. The lowest BCUT2D eigenvalue weighted by atomic mass is 9.68. The normalized spacial score (nSPS) is 44.3. The molecule has 5 fully saturated rings. The van der Waals surface area contributed by atoms with Crippen molar-refractivity contribution in [3.63, 3.8) is 0 Å². The maximum Gasteiger partial charge on any atom is 0.306 e. The number of ether oxygens (including phenoxy) is 1. The number of amides is 1. The molecule has 3 heterocycles. The summed E-state index contributed by atoms with van der Waals surface area (Å²) in [5, 5.41) is 0. The van der Waals surface area contributed by atoms with Crippen LogP contribution in [0.5, 0.6) is 0 Å². The Labute approximate surface area is 113 Å². The molecule has 0 spiro atoms. The van der Waals surface area contributed by atoms with Gasteiger partial charge in [-0.1, -0.05) is 0 Å². The van der Waals surface area contributed by atoms with Crippen molar-refractivity contribution in [3.8, 4) is 0 Å². The number of hydrogen-bond donors (Lipinski definition) is 0. The van der Waals surface area contributed by atoms with Crippen LogP contribution >= 0.6 is 0 Å². The third kappa shape index (κ3) is 1.96. The van der Waals surface area contributed by atoms with E-state index in [1.807, 2.05) is 0 Å². The molecule has 0 aromatic rings. The van der Waals surface area contributed by atoms with Gasteiger partial charge in [0.1, 0.15) is 0 Å². The Hall–Kier alpha value is -1.06. The van der Waals surface area contributed by atoms with Gasteiger partial charge in [-0.25, -0.2) is 0 Å². The van der Waals surface area contributed by atoms with Gasteiger partial charge < -0.3 is 9.64 Å². The van der Waals surface area contributed by atoms with Crippen LogP contribution in [0.1, 0.15) is 44.9 Å². The summed E-state index contributed by atoms with van der Waals surface area (Å²) < 4.78 is 5.17. The zero-order chi connectivity index (χ0) is 13.0.